The lowest BCUT2D eigenvalue weighted by Gasteiger charge is -2.25. The van der Waals surface area contributed by atoms with Crippen molar-refractivity contribution in [1.29, 1.82) is 0 Å². The summed E-state index contributed by atoms with van der Waals surface area (Å²) < 4.78 is 0. The highest BCUT2D eigenvalue weighted by Crippen LogP contribution is 2.31. The summed E-state index contributed by atoms with van der Waals surface area (Å²) in [4.78, 5) is 0. The van der Waals surface area contributed by atoms with Gasteiger partial charge in [0.2, 0.25) is 0 Å². The van der Waals surface area contributed by atoms with E-state index in [1.165, 1.54) is 0 Å². The van der Waals surface area contributed by atoms with Crippen LogP contribution in [0.2, 0.25) is 0 Å². The van der Waals surface area contributed by atoms with Crippen LogP contribution < -0.4 is 11.1 Å². The van der Waals surface area contributed by atoms with Gasteiger partial charge in [-0.1, -0.05) is 42.4 Å². The van der Waals surface area contributed by atoms with Crippen molar-refractivity contribution in [2.75, 3.05) is 13.1 Å². The fourth-order valence-corrected chi connectivity index (χ4v) is 1.97. The van der Waals surface area contributed by atoms with E-state index in [0.29, 0.717) is 16.6 Å². The van der Waals surface area contributed by atoms with E-state index in [1.807, 2.05) is 0 Å². The lowest BCUT2D eigenvalue weighted by molar-refractivity contribution is 0.559. The molecule has 78 valence electrons. The topological polar surface area (TPSA) is 38.0 Å². The summed E-state index contributed by atoms with van der Waals surface area (Å²) in [6.07, 6.45) is 2.48. The largest absolute Gasteiger partial charge is 0.320 e. The third-order valence-corrected chi connectivity index (χ3v) is 3.12. The smallest absolute Gasteiger partial charge is 0.0637 e. The zero-order valence-electron chi connectivity index (χ0n) is 7.95. The minimum absolute atomic E-state index is 0.304. The van der Waals surface area contributed by atoms with E-state index in [0.717, 1.165) is 18.5 Å². The van der Waals surface area contributed by atoms with Crippen LogP contribution in [0.1, 0.15) is 6.42 Å². The quantitative estimate of drug-likeness (QED) is 0.732. The van der Waals surface area contributed by atoms with Gasteiger partial charge in [-0.05, 0) is 18.5 Å². The lowest BCUT2D eigenvalue weighted by Crippen LogP contribution is -2.43. The van der Waals surface area contributed by atoms with Crippen LogP contribution in [0.25, 0.3) is 0 Å². The fraction of sp³-hybridized carbons (Fsp3) is 0.400. The van der Waals surface area contributed by atoms with E-state index >= 15 is 0 Å². The molecule has 0 bridgehead atoms. The molecule has 0 amide bonds. The van der Waals surface area contributed by atoms with Gasteiger partial charge in [-0.3, -0.25) is 0 Å². The maximum Gasteiger partial charge on any atom is 0.0637 e. The second-order valence-electron chi connectivity index (χ2n) is 3.42. The van der Waals surface area contributed by atoms with E-state index in [2.05, 4.69) is 18.5 Å². The maximum atomic E-state index is 6.18. The molecule has 14 heavy (non-hydrogen) atoms. The molecule has 1 aliphatic heterocycles. The highest BCUT2D eigenvalue weighted by atomic mass is 35.5. The van der Waals surface area contributed by atoms with Crippen LogP contribution in [0.15, 0.2) is 34.9 Å². The minimum atomic E-state index is -0.462. The summed E-state index contributed by atoms with van der Waals surface area (Å²) in [5.74, 6) is 0. The van der Waals surface area contributed by atoms with Crippen molar-refractivity contribution in [3.8, 4) is 0 Å². The Morgan fingerprint density at radius 3 is 2.50 bits per heavy atom. The van der Waals surface area contributed by atoms with Gasteiger partial charge in [-0.2, -0.15) is 0 Å². The average Bonchev–Trinajstić information content (AvgIpc) is 2.53. The van der Waals surface area contributed by atoms with Crippen molar-refractivity contribution in [2.45, 2.75) is 12.0 Å². The van der Waals surface area contributed by atoms with Crippen LogP contribution in [-0.2, 0) is 0 Å². The molecular weight excluding hydrogens is 219 g/mol. The van der Waals surface area contributed by atoms with Crippen LogP contribution in [0, 0.1) is 0 Å². The zero-order chi connectivity index (χ0) is 10.8. The van der Waals surface area contributed by atoms with Gasteiger partial charge in [-0.15, -0.1) is 0 Å². The Morgan fingerprint density at radius 1 is 1.50 bits per heavy atom. The molecular formula is C10H14Cl2N2. The first-order valence-electron chi connectivity index (χ1n) is 4.38. The number of hydrogen-bond donors (Lipinski definition) is 2. The molecule has 2 nitrogen and oxygen atoms in total. The van der Waals surface area contributed by atoms with E-state index in [1.54, 1.807) is 6.08 Å². The van der Waals surface area contributed by atoms with E-state index in [4.69, 9.17) is 28.9 Å². The number of rotatable bonds is 3. The number of halogens is 2. The summed E-state index contributed by atoms with van der Waals surface area (Å²) in [5.41, 5.74) is 6.48. The average molecular weight is 233 g/mol. The highest BCUT2D eigenvalue weighted by Gasteiger charge is 2.33. The third kappa shape index (κ3) is 2.20. The Kier molecular flexibility index (Phi) is 3.78. The third-order valence-electron chi connectivity index (χ3n) is 2.40. The van der Waals surface area contributed by atoms with Crippen molar-refractivity contribution in [3.63, 3.8) is 0 Å². The van der Waals surface area contributed by atoms with Crippen LogP contribution in [0.3, 0.4) is 0 Å². The van der Waals surface area contributed by atoms with Crippen molar-refractivity contribution in [1.82, 2.24) is 5.32 Å². The van der Waals surface area contributed by atoms with Gasteiger partial charge < -0.3 is 11.1 Å². The van der Waals surface area contributed by atoms with Crippen LogP contribution in [0.5, 0.6) is 0 Å². The Hall–Kier alpha value is -0.280. The Morgan fingerprint density at radius 2 is 2.14 bits per heavy atom. The molecule has 0 saturated carbocycles. The van der Waals surface area contributed by atoms with Crippen molar-refractivity contribution in [3.05, 3.63) is 34.9 Å². The molecule has 1 saturated heterocycles. The SMILES string of the molecule is C=C/C(=C(/Cl)C(=C)Cl)C1(N)CCNC1. The molecule has 0 aromatic rings. The van der Waals surface area contributed by atoms with Gasteiger partial charge in [0.25, 0.3) is 0 Å². The first-order valence-corrected chi connectivity index (χ1v) is 5.14. The molecule has 4 heteroatoms. The summed E-state index contributed by atoms with van der Waals surface area (Å²) in [7, 11) is 0. The molecule has 1 unspecified atom stereocenters. The summed E-state index contributed by atoms with van der Waals surface area (Å²) in [6.45, 7) is 8.85. The number of allylic oxidation sites excluding steroid dienone is 2. The Bertz CT molecular complexity index is 288. The monoisotopic (exact) mass is 232 g/mol. The molecule has 0 aliphatic carbocycles. The number of nitrogens with two attached hydrogens (primary N) is 1. The van der Waals surface area contributed by atoms with Crippen LogP contribution in [0.4, 0.5) is 0 Å². The highest BCUT2D eigenvalue weighted by molar-refractivity contribution is 6.44. The van der Waals surface area contributed by atoms with E-state index < -0.39 is 5.54 Å². The summed E-state index contributed by atoms with van der Waals surface area (Å²) in [5, 5.41) is 3.90. The van der Waals surface area contributed by atoms with Crippen molar-refractivity contribution >= 4 is 23.2 Å². The molecule has 0 radical (unpaired) electrons. The molecule has 0 spiro atoms. The predicted octanol–water partition coefficient (Wildman–Crippen LogP) is 2.11. The molecule has 1 fully saturated rings. The molecule has 3 N–H and O–H groups in total. The predicted molar refractivity (Wildman–Crippen MR) is 62.5 cm³/mol. The number of hydrogen-bond acceptors (Lipinski definition) is 2. The van der Waals surface area contributed by atoms with Gasteiger partial charge in [0.1, 0.15) is 0 Å². The zero-order valence-corrected chi connectivity index (χ0v) is 9.46. The van der Waals surface area contributed by atoms with E-state index in [9.17, 15) is 0 Å². The van der Waals surface area contributed by atoms with Crippen molar-refractivity contribution in [2.24, 2.45) is 5.73 Å². The van der Waals surface area contributed by atoms with Gasteiger partial charge in [0, 0.05) is 6.54 Å². The second-order valence-corrected chi connectivity index (χ2v) is 4.25. The van der Waals surface area contributed by atoms with Gasteiger partial charge in [0.05, 0.1) is 15.6 Å². The summed E-state index contributed by atoms with van der Waals surface area (Å²) in [6, 6.07) is 0. The number of nitrogens with one attached hydrogen (secondary N) is 1. The standard InChI is InChI=1S/C10H14Cl2N2/c1-3-8(9(12)7(2)11)10(13)4-5-14-6-10/h3,14H,1-2,4-6,13H2/b9-8-. The molecule has 1 heterocycles. The minimum Gasteiger partial charge on any atom is -0.320 e. The molecule has 1 aliphatic rings. The van der Waals surface area contributed by atoms with Gasteiger partial charge >= 0.3 is 0 Å². The Labute approximate surface area is 94.4 Å². The maximum absolute atomic E-state index is 6.18. The lowest BCUT2D eigenvalue weighted by atomic mass is 9.89. The first-order chi connectivity index (χ1) is 6.51. The molecule has 1 atom stereocenters. The first kappa shape index (κ1) is 11.8. The fourth-order valence-electron chi connectivity index (χ4n) is 1.60. The molecule has 1 rings (SSSR count). The summed E-state index contributed by atoms with van der Waals surface area (Å²) >= 11 is 11.8. The van der Waals surface area contributed by atoms with Gasteiger partial charge in [0.15, 0.2) is 0 Å². The Balaban J connectivity index is 3.07. The van der Waals surface area contributed by atoms with Crippen molar-refractivity contribution < 1.29 is 0 Å². The van der Waals surface area contributed by atoms with Gasteiger partial charge in [-0.25, -0.2) is 0 Å². The van der Waals surface area contributed by atoms with Crippen LogP contribution in [-0.4, -0.2) is 18.6 Å². The van der Waals surface area contributed by atoms with Crippen LogP contribution >= 0.6 is 23.2 Å². The molecule has 0 aromatic heterocycles. The van der Waals surface area contributed by atoms with E-state index in [-0.39, 0.29) is 0 Å². The second kappa shape index (κ2) is 4.49. The molecule has 0 aromatic carbocycles. The normalized spacial score (nSPS) is 28.5.